The summed E-state index contributed by atoms with van der Waals surface area (Å²) in [6, 6.07) is 0.322. The van der Waals surface area contributed by atoms with Crippen molar-refractivity contribution in [3.63, 3.8) is 0 Å². The second-order valence-electron chi connectivity index (χ2n) is 4.90. The van der Waals surface area contributed by atoms with Gasteiger partial charge < -0.3 is 10.3 Å². The molecule has 0 fully saturated rings. The molecule has 0 saturated heterocycles. The number of hydrogen-bond donors (Lipinski definition) is 2. The maximum atomic E-state index is 4.57. The summed E-state index contributed by atoms with van der Waals surface area (Å²) >= 11 is 0. The van der Waals surface area contributed by atoms with Crippen molar-refractivity contribution in [1.29, 1.82) is 0 Å². The van der Waals surface area contributed by atoms with Crippen LogP contribution >= 0.6 is 0 Å². The first-order chi connectivity index (χ1) is 9.13. The molecule has 0 aliphatic heterocycles. The summed E-state index contributed by atoms with van der Waals surface area (Å²) in [6.07, 6.45) is 4.56. The van der Waals surface area contributed by atoms with E-state index in [9.17, 15) is 0 Å². The van der Waals surface area contributed by atoms with E-state index in [0.29, 0.717) is 6.04 Å². The van der Waals surface area contributed by atoms with Crippen molar-refractivity contribution in [2.45, 2.75) is 46.7 Å². The Hall–Kier alpha value is -1.62. The van der Waals surface area contributed by atoms with Crippen molar-refractivity contribution < 1.29 is 0 Å². The van der Waals surface area contributed by atoms with E-state index in [1.807, 2.05) is 6.20 Å². The van der Waals surface area contributed by atoms with Gasteiger partial charge in [0.2, 0.25) is 0 Å². The monoisotopic (exact) mass is 261 g/mol. The highest BCUT2D eigenvalue weighted by Gasteiger charge is 2.16. The predicted octanol–water partition coefficient (Wildman–Crippen LogP) is 2.14. The van der Waals surface area contributed by atoms with Crippen LogP contribution in [0.25, 0.3) is 0 Å². The van der Waals surface area contributed by atoms with Crippen LogP contribution in [-0.4, -0.2) is 26.3 Å². The number of hydrogen-bond acceptors (Lipinski definition) is 3. The van der Waals surface area contributed by atoms with E-state index in [1.54, 1.807) is 6.33 Å². The Labute approximate surface area is 114 Å². The van der Waals surface area contributed by atoms with Crippen LogP contribution in [0.3, 0.4) is 0 Å². The molecule has 0 amide bonds. The van der Waals surface area contributed by atoms with Gasteiger partial charge in [-0.25, -0.2) is 4.98 Å². The Morgan fingerprint density at radius 3 is 2.79 bits per heavy atom. The minimum absolute atomic E-state index is 0.322. The number of aromatic nitrogens is 4. The topological polar surface area (TPSA) is 58.5 Å². The number of aromatic amines is 1. The summed E-state index contributed by atoms with van der Waals surface area (Å²) in [7, 11) is 0. The summed E-state index contributed by atoms with van der Waals surface area (Å²) in [6.45, 7) is 10.4. The van der Waals surface area contributed by atoms with Crippen LogP contribution in [0.1, 0.15) is 42.5 Å². The van der Waals surface area contributed by atoms with Gasteiger partial charge in [0, 0.05) is 48.7 Å². The van der Waals surface area contributed by atoms with Gasteiger partial charge in [-0.3, -0.25) is 4.68 Å². The molecule has 0 aromatic carbocycles. The van der Waals surface area contributed by atoms with Gasteiger partial charge in [-0.05, 0) is 27.7 Å². The molecule has 1 unspecified atom stereocenters. The Kier molecular flexibility index (Phi) is 4.37. The minimum atomic E-state index is 0.322. The molecule has 2 heterocycles. The number of nitrogens with zero attached hydrogens (tertiary/aromatic N) is 3. The van der Waals surface area contributed by atoms with E-state index in [4.69, 9.17) is 0 Å². The van der Waals surface area contributed by atoms with E-state index in [-0.39, 0.29) is 0 Å². The van der Waals surface area contributed by atoms with Gasteiger partial charge in [-0.1, -0.05) is 0 Å². The van der Waals surface area contributed by atoms with Gasteiger partial charge in [-0.15, -0.1) is 0 Å². The van der Waals surface area contributed by atoms with Crippen LogP contribution in [-0.2, 0) is 13.0 Å². The molecule has 19 heavy (non-hydrogen) atoms. The highest BCUT2D eigenvalue weighted by atomic mass is 15.3. The molecule has 2 aromatic rings. The van der Waals surface area contributed by atoms with Crippen LogP contribution in [0.15, 0.2) is 12.5 Å². The Morgan fingerprint density at radius 2 is 2.21 bits per heavy atom. The van der Waals surface area contributed by atoms with Crippen molar-refractivity contribution in [3.8, 4) is 0 Å². The molecule has 0 aliphatic carbocycles. The normalized spacial score (nSPS) is 12.8. The summed E-state index contributed by atoms with van der Waals surface area (Å²) < 4.78 is 2.07. The van der Waals surface area contributed by atoms with Crippen LogP contribution < -0.4 is 5.32 Å². The maximum absolute atomic E-state index is 4.57. The average molecular weight is 261 g/mol. The molecule has 0 radical (unpaired) electrons. The first-order valence-electron chi connectivity index (χ1n) is 6.88. The van der Waals surface area contributed by atoms with Gasteiger partial charge in [0.25, 0.3) is 0 Å². The molecule has 0 aliphatic rings. The van der Waals surface area contributed by atoms with Crippen molar-refractivity contribution >= 4 is 0 Å². The van der Waals surface area contributed by atoms with Gasteiger partial charge in [-0.2, -0.15) is 5.10 Å². The molecule has 0 spiro atoms. The molecule has 1 atom stereocenters. The maximum Gasteiger partial charge on any atom is 0.0921 e. The fourth-order valence-electron chi connectivity index (χ4n) is 2.59. The van der Waals surface area contributed by atoms with Gasteiger partial charge in [0.1, 0.15) is 0 Å². The largest absolute Gasteiger partial charge is 0.348 e. The second-order valence-corrected chi connectivity index (χ2v) is 4.90. The third-order valence-corrected chi connectivity index (χ3v) is 3.57. The van der Waals surface area contributed by atoms with E-state index in [1.165, 1.54) is 11.3 Å². The molecule has 5 nitrogen and oxygen atoms in total. The summed E-state index contributed by atoms with van der Waals surface area (Å²) in [4.78, 5) is 7.14. The first kappa shape index (κ1) is 13.8. The third kappa shape index (κ3) is 3.04. The smallest absolute Gasteiger partial charge is 0.0921 e. The van der Waals surface area contributed by atoms with Crippen LogP contribution in [0, 0.1) is 13.8 Å². The van der Waals surface area contributed by atoms with Gasteiger partial charge in [0.15, 0.2) is 0 Å². The molecular formula is C14H23N5. The fraction of sp³-hybridized carbons (Fsp3) is 0.571. The molecule has 0 saturated carbocycles. The summed E-state index contributed by atoms with van der Waals surface area (Å²) in [5.41, 5.74) is 4.88. The number of aryl methyl sites for hydroxylation is 2. The number of rotatable bonds is 6. The lowest BCUT2D eigenvalue weighted by atomic mass is 10.1. The molecule has 2 aromatic heterocycles. The van der Waals surface area contributed by atoms with Crippen LogP contribution in [0.5, 0.6) is 0 Å². The third-order valence-electron chi connectivity index (χ3n) is 3.57. The predicted molar refractivity (Wildman–Crippen MR) is 76.1 cm³/mol. The Morgan fingerprint density at radius 1 is 1.42 bits per heavy atom. The highest BCUT2D eigenvalue weighted by Crippen LogP contribution is 2.21. The van der Waals surface area contributed by atoms with Crippen LogP contribution in [0.4, 0.5) is 0 Å². The van der Waals surface area contributed by atoms with E-state index in [0.717, 1.165) is 30.9 Å². The van der Waals surface area contributed by atoms with Crippen molar-refractivity contribution in [3.05, 3.63) is 35.2 Å². The van der Waals surface area contributed by atoms with Crippen molar-refractivity contribution in [2.75, 3.05) is 6.54 Å². The minimum Gasteiger partial charge on any atom is -0.348 e. The quantitative estimate of drug-likeness (QED) is 0.837. The molecule has 2 N–H and O–H groups in total. The lowest BCUT2D eigenvalue weighted by Gasteiger charge is -2.14. The van der Waals surface area contributed by atoms with Crippen molar-refractivity contribution in [1.82, 2.24) is 25.1 Å². The average Bonchev–Trinajstić information content (AvgIpc) is 2.97. The molecule has 104 valence electrons. The van der Waals surface area contributed by atoms with E-state index in [2.05, 4.69) is 52.8 Å². The molecule has 0 bridgehead atoms. The SMILES string of the molecule is CCn1nc(C)c(C(C)NCCc2cnc[nH]2)c1C. The van der Waals surface area contributed by atoms with E-state index >= 15 is 0 Å². The van der Waals surface area contributed by atoms with Gasteiger partial charge in [0.05, 0.1) is 12.0 Å². The molecule has 5 heteroatoms. The zero-order valence-corrected chi connectivity index (χ0v) is 12.2. The second kappa shape index (κ2) is 6.02. The summed E-state index contributed by atoms with van der Waals surface area (Å²) in [5.74, 6) is 0. The zero-order chi connectivity index (χ0) is 13.8. The lowest BCUT2D eigenvalue weighted by molar-refractivity contribution is 0.566. The standard InChI is InChI=1S/C14H23N5/c1-5-19-12(4)14(11(3)18-19)10(2)16-7-6-13-8-15-9-17-13/h8-10,16H,5-7H2,1-4H3,(H,15,17). The number of imidazole rings is 1. The van der Waals surface area contributed by atoms with Gasteiger partial charge >= 0.3 is 0 Å². The molecular weight excluding hydrogens is 238 g/mol. The number of H-pyrrole nitrogens is 1. The summed E-state index contributed by atoms with van der Waals surface area (Å²) in [5, 5.41) is 8.12. The fourth-order valence-corrected chi connectivity index (χ4v) is 2.59. The Bertz CT molecular complexity index is 512. The Balaban J connectivity index is 1.96. The number of nitrogens with one attached hydrogen (secondary N) is 2. The lowest BCUT2D eigenvalue weighted by Crippen LogP contribution is -2.22. The van der Waals surface area contributed by atoms with E-state index < -0.39 is 0 Å². The molecule has 2 rings (SSSR count). The highest BCUT2D eigenvalue weighted by molar-refractivity contribution is 5.27. The van der Waals surface area contributed by atoms with Crippen molar-refractivity contribution in [2.24, 2.45) is 0 Å². The zero-order valence-electron chi connectivity index (χ0n) is 12.2. The van der Waals surface area contributed by atoms with Crippen LogP contribution in [0.2, 0.25) is 0 Å². The first-order valence-corrected chi connectivity index (χ1v) is 6.88.